The lowest BCUT2D eigenvalue weighted by Crippen LogP contribution is -2.30. The third-order valence-corrected chi connectivity index (χ3v) is 3.98. The number of rotatable bonds is 5. The van der Waals surface area contributed by atoms with E-state index in [0.29, 0.717) is 5.92 Å². The van der Waals surface area contributed by atoms with Crippen molar-refractivity contribution in [2.45, 2.75) is 32.8 Å². The summed E-state index contributed by atoms with van der Waals surface area (Å²) in [5.41, 5.74) is 0.943. The number of nitrogens with one attached hydrogen (secondary N) is 1. The summed E-state index contributed by atoms with van der Waals surface area (Å²) >= 11 is 0. The van der Waals surface area contributed by atoms with E-state index in [-0.39, 0.29) is 6.10 Å². The van der Waals surface area contributed by atoms with Crippen molar-refractivity contribution in [2.75, 3.05) is 19.7 Å². The molecule has 0 atom stereocenters. The van der Waals surface area contributed by atoms with Crippen LogP contribution in [-0.2, 0) is 0 Å². The van der Waals surface area contributed by atoms with Gasteiger partial charge in [-0.05, 0) is 70.0 Å². The Morgan fingerprint density at radius 2 is 2.05 bits per heavy atom. The van der Waals surface area contributed by atoms with Gasteiger partial charge in [-0.2, -0.15) is 0 Å². The van der Waals surface area contributed by atoms with Crippen molar-refractivity contribution in [3.05, 3.63) is 30.5 Å². The van der Waals surface area contributed by atoms with Crippen molar-refractivity contribution in [1.29, 1.82) is 0 Å². The lowest BCUT2D eigenvalue weighted by atomic mass is 9.99. The first-order chi connectivity index (χ1) is 10.7. The molecule has 1 aliphatic heterocycles. The van der Waals surface area contributed by atoms with Crippen molar-refractivity contribution < 1.29 is 9.47 Å². The third kappa shape index (κ3) is 3.69. The van der Waals surface area contributed by atoms with Gasteiger partial charge < -0.3 is 14.8 Å². The summed E-state index contributed by atoms with van der Waals surface area (Å²) in [6.07, 6.45) is 4.34. The molecule has 2 heterocycles. The van der Waals surface area contributed by atoms with Crippen LogP contribution in [0.1, 0.15) is 26.7 Å². The summed E-state index contributed by atoms with van der Waals surface area (Å²) in [6.45, 7) is 7.02. The van der Waals surface area contributed by atoms with E-state index in [4.69, 9.17) is 9.47 Å². The van der Waals surface area contributed by atoms with E-state index in [1.54, 1.807) is 0 Å². The molecule has 1 saturated heterocycles. The van der Waals surface area contributed by atoms with E-state index in [1.165, 1.54) is 12.8 Å². The first-order valence-corrected chi connectivity index (χ1v) is 8.11. The van der Waals surface area contributed by atoms with Crippen LogP contribution in [0.2, 0.25) is 0 Å². The topological polar surface area (TPSA) is 43.4 Å². The Bertz CT molecular complexity index is 622. The first-order valence-electron chi connectivity index (χ1n) is 8.11. The highest BCUT2D eigenvalue weighted by Crippen LogP contribution is 2.29. The van der Waals surface area contributed by atoms with E-state index < -0.39 is 0 Å². The van der Waals surface area contributed by atoms with Crippen molar-refractivity contribution in [1.82, 2.24) is 10.3 Å². The summed E-state index contributed by atoms with van der Waals surface area (Å²) < 4.78 is 11.9. The van der Waals surface area contributed by atoms with Crippen LogP contribution in [0, 0.1) is 5.92 Å². The maximum absolute atomic E-state index is 6.10. The molecule has 1 fully saturated rings. The molecule has 0 spiro atoms. The highest BCUT2D eigenvalue weighted by atomic mass is 16.5. The summed E-state index contributed by atoms with van der Waals surface area (Å²) in [6, 6.07) is 7.93. The van der Waals surface area contributed by atoms with Crippen LogP contribution in [0.3, 0.4) is 0 Å². The second kappa shape index (κ2) is 6.97. The standard InChI is InChI=1S/C18H24N2O2/c1-13(2)22-15-3-4-17-16(11-15)18(7-10-20-17)21-12-14-5-8-19-9-6-14/h3-4,7,10-11,13-14,19H,5-6,8-9,12H2,1-2H3. The Balaban J connectivity index is 1.78. The van der Waals surface area contributed by atoms with Gasteiger partial charge in [0.15, 0.2) is 0 Å². The van der Waals surface area contributed by atoms with Crippen molar-refractivity contribution >= 4 is 10.9 Å². The molecular weight excluding hydrogens is 276 g/mol. The Labute approximate surface area is 131 Å². The highest BCUT2D eigenvalue weighted by molar-refractivity contribution is 5.86. The average Bonchev–Trinajstić information content (AvgIpc) is 2.53. The van der Waals surface area contributed by atoms with Gasteiger partial charge in [0.25, 0.3) is 0 Å². The molecule has 2 aromatic rings. The normalized spacial score (nSPS) is 16.1. The number of piperidine rings is 1. The summed E-state index contributed by atoms with van der Waals surface area (Å²) in [5.74, 6) is 2.40. The smallest absolute Gasteiger partial charge is 0.130 e. The van der Waals surface area contributed by atoms with Gasteiger partial charge in [-0.3, -0.25) is 4.98 Å². The Morgan fingerprint density at radius 3 is 2.82 bits per heavy atom. The van der Waals surface area contributed by atoms with Gasteiger partial charge in [0, 0.05) is 11.6 Å². The van der Waals surface area contributed by atoms with E-state index in [0.717, 1.165) is 42.1 Å². The van der Waals surface area contributed by atoms with Crippen LogP contribution < -0.4 is 14.8 Å². The second-order valence-corrected chi connectivity index (χ2v) is 6.16. The molecule has 0 radical (unpaired) electrons. The van der Waals surface area contributed by atoms with Crippen LogP contribution in [0.15, 0.2) is 30.5 Å². The summed E-state index contributed by atoms with van der Waals surface area (Å²) in [5, 5.41) is 4.41. The molecule has 0 aliphatic carbocycles. The monoisotopic (exact) mass is 300 g/mol. The maximum atomic E-state index is 6.10. The van der Waals surface area contributed by atoms with E-state index >= 15 is 0 Å². The van der Waals surface area contributed by atoms with Crippen LogP contribution in [0.25, 0.3) is 10.9 Å². The minimum absolute atomic E-state index is 0.160. The molecule has 4 heteroatoms. The van der Waals surface area contributed by atoms with E-state index in [2.05, 4.69) is 10.3 Å². The van der Waals surface area contributed by atoms with Crippen molar-refractivity contribution in [3.8, 4) is 11.5 Å². The molecule has 4 nitrogen and oxygen atoms in total. The fourth-order valence-corrected chi connectivity index (χ4v) is 2.83. The number of hydrogen-bond donors (Lipinski definition) is 1. The SMILES string of the molecule is CC(C)Oc1ccc2nccc(OCC3CCNCC3)c2c1. The van der Waals surface area contributed by atoms with Crippen LogP contribution in [0.5, 0.6) is 11.5 Å². The molecule has 3 rings (SSSR count). The largest absolute Gasteiger partial charge is 0.493 e. The van der Waals surface area contributed by atoms with Crippen molar-refractivity contribution in [3.63, 3.8) is 0 Å². The fraction of sp³-hybridized carbons (Fsp3) is 0.500. The lowest BCUT2D eigenvalue weighted by molar-refractivity contribution is 0.217. The van der Waals surface area contributed by atoms with Gasteiger partial charge in [0.05, 0.1) is 18.2 Å². The Hall–Kier alpha value is -1.81. The zero-order valence-electron chi connectivity index (χ0n) is 13.3. The van der Waals surface area contributed by atoms with Crippen molar-refractivity contribution in [2.24, 2.45) is 5.92 Å². The van der Waals surface area contributed by atoms with Crippen LogP contribution >= 0.6 is 0 Å². The molecule has 1 aliphatic rings. The van der Waals surface area contributed by atoms with Gasteiger partial charge in [0.1, 0.15) is 11.5 Å². The predicted octanol–water partition coefficient (Wildman–Crippen LogP) is 3.40. The minimum atomic E-state index is 0.160. The zero-order chi connectivity index (χ0) is 15.4. The van der Waals surface area contributed by atoms with Crippen LogP contribution in [-0.4, -0.2) is 30.8 Å². The molecule has 22 heavy (non-hydrogen) atoms. The van der Waals surface area contributed by atoms with E-state index in [1.807, 2.05) is 44.3 Å². The number of aromatic nitrogens is 1. The maximum Gasteiger partial charge on any atom is 0.130 e. The number of nitrogens with zero attached hydrogens (tertiary/aromatic N) is 1. The number of pyridine rings is 1. The number of hydrogen-bond acceptors (Lipinski definition) is 4. The molecule has 1 aromatic heterocycles. The molecule has 1 aromatic carbocycles. The summed E-state index contributed by atoms with van der Waals surface area (Å²) in [4.78, 5) is 4.41. The molecule has 1 N–H and O–H groups in total. The highest BCUT2D eigenvalue weighted by Gasteiger charge is 2.14. The Morgan fingerprint density at radius 1 is 1.23 bits per heavy atom. The van der Waals surface area contributed by atoms with Gasteiger partial charge in [-0.15, -0.1) is 0 Å². The third-order valence-electron chi connectivity index (χ3n) is 3.98. The number of fused-ring (bicyclic) bond motifs is 1. The van der Waals surface area contributed by atoms with Gasteiger partial charge >= 0.3 is 0 Å². The minimum Gasteiger partial charge on any atom is -0.493 e. The lowest BCUT2D eigenvalue weighted by Gasteiger charge is -2.23. The molecule has 0 bridgehead atoms. The number of benzene rings is 1. The first kappa shape index (κ1) is 15.1. The molecule has 0 unspecified atom stereocenters. The average molecular weight is 300 g/mol. The zero-order valence-corrected chi connectivity index (χ0v) is 13.3. The second-order valence-electron chi connectivity index (χ2n) is 6.16. The van der Waals surface area contributed by atoms with Gasteiger partial charge in [0.2, 0.25) is 0 Å². The number of ether oxygens (including phenoxy) is 2. The van der Waals surface area contributed by atoms with Crippen LogP contribution in [0.4, 0.5) is 0 Å². The quantitative estimate of drug-likeness (QED) is 0.919. The van der Waals surface area contributed by atoms with Gasteiger partial charge in [-0.25, -0.2) is 0 Å². The molecule has 0 amide bonds. The summed E-state index contributed by atoms with van der Waals surface area (Å²) in [7, 11) is 0. The van der Waals surface area contributed by atoms with Gasteiger partial charge in [-0.1, -0.05) is 0 Å². The van der Waals surface area contributed by atoms with E-state index in [9.17, 15) is 0 Å². The fourth-order valence-electron chi connectivity index (χ4n) is 2.83. The molecule has 0 saturated carbocycles. The molecular formula is C18H24N2O2. The Kier molecular flexibility index (Phi) is 4.78. The predicted molar refractivity (Wildman–Crippen MR) is 88.6 cm³/mol. The molecule has 118 valence electrons.